The summed E-state index contributed by atoms with van der Waals surface area (Å²) in [5, 5.41) is 10.4. The summed E-state index contributed by atoms with van der Waals surface area (Å²) < 4.78 is 2.02. The van der Waals surface area contributed by atoms with Gasteiger partial charge in [-0.1, -0.05) is 54.9 Å². The van der Waals surface area contributed by atoms with E-state index in [1.807, 2.05) is 42.0 Å². The first-order valence-electron chi connectivity index (χ1n) is 11.1. The molecule has 0 spiro atoms. The average molecular weight is 452 g/mol. The van der Waals surface area contributed by atoms with Crippen LogP contribution in [-0.4, -0.2) is 21.4 Å². The summed E-state index contributed by atoms with van der Waals surface area (Å²) in [5.41, 5.74) is 3.76. The Labute approximate surface area is 194 Å². The summed E-state index contributed by atoms with van der Waals surface area (Å²) in [4.78, 5) is 24.2. The third-order valence-corrected chi connectivity index (χ3v) is 5.98. The molecule has 0 aliphatic heterocycles. The summed E-state index contributed by atoms with van der Waals surface area (Å²) in [6.45, 7) is 1.80. The second-order valence-corrected chi connectivity index (χ2v) is 8.88. The first-order chi connectivity index (χ1) is 15.4. The van der Waals surface area contributed by atoms with Crippen LogP contribution < -0.4 is 0 Å². The number of fused-ring (bicyclic) bond motifs is 1. The van der Waals surface area contributed by atoms with Crippen molar-refractivity contribution in [3.63, 3.8) is 0 Å². The van der Waals surface area contributed by atoms with Crippen LogP contribution in [0, 0.1) is 5.92 Å². The first kappa shape index (κ1) is 23.8. The molecule has 1 unspecified atom stereocenters. The number of carbonyl (C=O) groups excluding carboxylic acids is 1. The zero-order valence-electron chi connectivity index (χ0n) is 18.7. The molecule has 0 aliphatic carbocycles. The van der Waals surface area contributed by atoms with E-state index in [4.69, 9.17) is 16.7 Å². The van der Waals surface area contributed by atoms with Gasteiger partial charge in [0.05, 0.1) is 11.3 Å². The quantitative estimate of drug-likeness (QED) is 0.253. The highest BCUT2D eigenvalue weighted by atomic mass is 35.5. The molecular formula is C27H30ClNO3. The van der Waals surface area contributed by atoms with E-state index in [0.29, 0.717) is 10.6 Å². The van der Waals surface area contributed by atoms with Gasteiger partial charge in [0.15, 0.2) is 5.78 Å². The maximum atomic E-state index is 13.2. The Morgan fingerprint density at radius 1 is 1.09 bits per heavy atom. The third-order valence-electron chi connectivity index (χ3n) is 5.75. The molecule has 1 aromatic heterocycles. The molecule has 3 aromatic rings. The van der Waals surface area contributed by atoms with Gasteiger partial charge >= 0.3 is 5.97 Å². The fourth-order valence-corrected chi connectivity index (χ4v) is 4.32. The Balaban J connectivity index is 1.76. The molecule has 168 valence electrons. The molecule has 0 bridgehead atoms. The molecule has 1 N–H and O–H groups in total. The van der Waals surface area contributed by atoms with Crippen LogP contribution in [0.1, 0.15) is 60.6 Å². The van der Waals surface area contributed by atoms with Gasteiger partial charge in [0.1, 0.15) is 0 Å². The number of ketones is 1. The molecule has 0 fully saturated rings. The SMILES string of the molecule is CC(CC(=O)O)CC(=O)c1c(C=CCCCCc2ccccc2)n(C)c2ccc(Cl)cc12. The maximum absolute atomic E-state index is 13.2. The summed E-state index contributed by atoms with van der Waals surface area (Å²) >= 11 is 6.23. The Hall–Kier alpha value is -2.85. The van der Waals surface area contributed by atoms with Crippen LogP contribution in [0.3, 0.4) is 0 Å². The molecule has 1 heterocycles. The Morgan fingerprint density at radius 2 is 1.84 bits per heavy atom. The number of allylic oxidation sites excluding steroid dienone is 1. The van der Waals surface area contributed by atoms with E-state index in [1.54, 1.807) is 6.92 Å². The van der Waals surface area contributed by atoms with Gasteiger partial charge < -0.3 is 9.67 Å². The minimum absolute atomic E-state index is 0.0240. The topological polar surface area (TPSA) is 59.3 Å². The zero-order chi connectivity index (χ0) is 23.1. The number of benzene rings is 2. The van der Waals surface area contributed by atoms with Gasteiger partial charge in [-0.25, -0.2) is 0 Å². The summed E-state index contributed by atoms with van der Waals surface area (Å²) in [6.07, 6.45) is 8.48. The lowest BCUT2D eigenvalue weighted by molar-refractivity contribution is -0.137. The fourth-order valence-electron chi connectivity index (χ4n) is 4.14. The van der Waals surface area contributed by atoms with Crippen LogP contribution in [0.5, 0.6) is 0 Å². The average Bonchev–Trinajstić information content (AvgIpc) is 3.01. The van der Waals surface area contributed by atoms with Crippen LogP contribution in [0.2, 0.25) is 5.02 Å². The molecule has 3 rings (SSSR count). The predicted octanol–water partition coefficient (Wildman–Crippen LogP) is 6.94. The van der Waals surface area contributed by atoms with Crippen molar-refractivity contribution in [1.82, 2.24) is 4.57 Å². The van der Waals surface area contributed by atoms with E-state index in [-0.39, 0.29) is 24.5 Å². The van der Waals surface area contributed by atoms with Crippen molar-refractivity contribution in [2.75, 3.05) is 0 Å². The van der Waals surface area contributed by atoms with Gasteiger partial charge in [0.2, 0.25) is 0 Å². The maximum Gasteiger partial charge on any atom is 0.303 e. The lowest BCUT2D eigenvalue weighted by Gasteiger charge is -2.08. The Kier molecular flexibility index (Phi) is 8.29. The van der Waals surface area contributed by atoms with Crippen molar-refractivity contribution in [3.05, 3.63) is 76.5 Å². The zero-order valence-corrected chi connectivity index (χ0v) is 19.4. The number of carbonyl (C=O) groups is 2. The number of carboxylic acid groups (broad SMARTS) is 1. The lowest BCUT2D eigenvalue weighted by atomic mass is 9.95. The van der Waals surface area contributed by atoms with Crippen molar-refractivity contribution in [2.24, 2.45) is 13.0 Å². The number of Topliss-reactive ketones (excluding diaryl/α,β-unsaturated/α-hetero) is 1. The monoisotopic (exact) mass is 451 g/mol. The van der Waals surface area contributed by atoms with Crippen molar-refractivity contribution >= 4 is 40.3 Å². The second-order valence-electron chi connectivity index (χ2n) is 8.44. The standard InChI is InChI=1S/C27H30ClNO3/c1-19(17-26(31)32)16-25(30)27-22-18-21(28)14-15-23(22)29(2)24(27)13-9-4-3-6-10-20-11-7-5-8-12-20/h5,7-9,11-15,18-19H,3-4,6,10,16-17H2,1-2H3,(H,31,32). The normalized spacial score (nSPS) is 12.5. The van der Waals surface area contributed by atoms with Crippen molar-refractivity contribution < 1.29 is 14.7 Å². The highest BCUT2D eigenvalue weighted by molar-refractivity contribution is 6.31. The number of hydrogen-bond acceptors (Lipinski definition) is 2. The number of unbranched alkanes of at least 4 members (excludes halogenated alkanes) is 2. The van der Waals surface area contributed by atoms with E-state index in [1.165, 1.54) is 5.56 Å². The van der Waals surface area contributed by atoms with Gasteiger partial charge in [0, 0.05) is 35.8 Å². The number of carboxylic acids is 1. The number of hydrogen-bond donors (Lipinski definition) is 1. The number of aromatic nitrogens is 1. The van der Waals surface area contributed by atoms with Crippen molar-refractivity contribution in [3.8, 4) is 0 Å². The highest BCUT2D eigenvalue weighted by Gasteiger charge is 2.22. The molecule has 5 heteroatoms. The van der Waals surface area contributed by atoms with Gasteiger partial charge in [-0.05, 0) is 61.4 Å². The van der Waals surface area contributed by atoms with Crippen LogP contribution in [0.25, 0.3) is 17.0 Å². The largest absolute Gasteiger partial charge is 0.481 e. The smallest absolute Gasteiger partial charge is 0.303 e. The number of aliphatic carboxylic acids is 1. The van der Waals surface area contributed by atoms with Crippen molar-refractivity contribution in [1.29, 1.82) is 0 Å². The molecule has 4 nitrogen and oxygen atoms in total. The molecule has 0 aliphatic rings. The minimum atomic E-state index is -0.887. The molecule has 2 aromatic carbocycles. The third kappa shape index (κ3) is 6.10. The fraction of sp³-hybridized carbons (Fsp3) is 0.333. The molecule has 1 atom stereocenters. The minimum Gasteiger partial charge on any atom is -0.481 e. The molecule has 0 amide bonds. The van der Waals surface area contributed by atoms with Crippen molar-refractivity contribution in [2.45, 2.75) is 45.4 Å². The van der Waals surface area contributed by atoms with E-state index >= 15 is 0 Å². The Bertz CT molecular complexity index is 1110. The Morgan fingerprint density at radius 3 is 2.56 bits per heavy atom. The lowest BCUT2D eigenvalue weighted by Crippen LogP contribution is -2.11. The van der Waals surface area contributed by atoms with E-state index in [0.717, 1.165) is 42.3 Å². The van der Waals surface area contributed by atoms with Crippen LogP contribution in [-0.2, 0) is 18.3 Å². The highest BCUT2D eigenvalue weighted by Crippen LogP contribution is 2.31. The van der Waals surface area contributed by atoms with Gasteiger partial charge in [-0.15, -0.1) is 0 Å². The molecule has 32 heavy (non-hydrogen) atoms. The van der Waals surface area contributed by atoms with E-state index in [2.05, 4.69) is 30.3 Å². The molecule has 0 saturated carbocycles. The molecule has 0 saturated heterocycles. The van der Waals surface area contributed by atoms with Gasteiger partial charge in [0.25, 0.3) is 0 Å². The van der Waals surface area contributed by atoms with E-state index < -0.39 is 5.97 Å². The first-order valence-corrected chi connectivity index (χ1v) is 11.5. The number of rotatable bonds is 11. The number of aryl methyl sites for hydroxylation is 2. The van der Waals surface area contributed by atoms with Gasteiger partial charge in [-0.3, -0.25) is 9.59 Å². The van der Waals surface area contributed by atoms with Crippen LogP contribution >= 0.6 is 11.6 Å². The molecule has 0 radical (unpaired) electrons. The summed E-state index contributed by atoms with van der Waals surface area (Å²) in [6, 6.07) is 16.0. The second kappa shape index (κ2) is 11.1. The molecular weight excluding hydrogens is 422 g/mol. The summed E-state index contributed by atoms with van der Waals surface area (Å²) in [7, 11) is 1.95. The predicted molar refractivity (Wildman–Crippen MR) is 131 cm³/mol. The van der Waals surface area contributed by atoms with E-state index in [9.17, 15) is 9.59 Å². The van der Waals surface area contributed by atoms with Crippen LogP contribution in [0.4, 0.5) is 0 Å². The number of nitrogens with zero attached hydrogens (tertiary/aromatic N) is 1. The number of halogens is 1. The van der Waals surface area contributed by atoms with Gasteiger partial charge in [-0.2, -0.15) is 0 Å². The summed E-state index contributed by atoms with van der Waals surface area (Å²) in [5.74, 6) is -1.17. The van der Waals surface area contributed by atoms with Crippen LogP contribution in [0.15, 0.2) is 54.6 Å².